The molecule has 2 heterocycles. The number of benzene rings is 3. The molecule has 0 aromatic heterocycles. The molecule has 2 aliphatic rings. The molecule has 2 amide bonds. The maximum Gasteiger partial charge on any atom is 0.254 e. The number of anilines is 1. The van der Waals surface area contributed by atoms with Crippen LogP contribution < -0.4 is 10.1 Å². The summed E-state index contributed by atoms with van der Waals surface area (Å²) in [6, 6.07) is 19.0. The lowest BCUT2D eigenvalue weighted by Gasteiger charge is -2.31. The quantitative estimate of drug-likeness (QED) is 0.490. The molecule has 7 heteroatoms. The van der Waals surface area contributed by atoms with Crippen molar-refractivity contribution >= 4 is 39.9 Å². The number of fused-ring (bicyclic) bond motifs is 1. The predicted molar refractivity (Wildman–Crippen MR) is 137 cm³/mol. The van der Waals surface area contributed by atoms with Gasteiger partial charge in [-0.2, -0.15) is 0 Å². The van der Waals surface area contributed by atoms with E-state index in [0.717, 1.165) is 30.2 Å². The number of nitrogens with zero attached hydrogens (tertiary/aromatic N) is 1. The van der Waals surface area contributed by atoms with E-state index in [0.29, 0.717) is 54.6 Å². The number of hydrogen-bond acceptors (Lipinski definition) is 4. The topological polar surface area (TPSA) is 67.9 Å². The van der Waals surface area contributed by atoms with Crippen LogP contribution in [0.4, 0.5) is 5.69 Å². The molecule has 3 aromatic rings. The summed E-state index contributed by atoms with van der Waals surface area (Å²) < 4.78 is 11.6. The smallest absolute Gasteiger partial charge is 0.254 e. The molecular weight excluding hydrogens is 464 g/mol. The van der Waals surface area contributed by atoms with Gasteiger partial charge in [0.15, 0.2) is 0 Å². The Hall–Kier alpha value is -3.09. The van der Waals surface area contributed by atoms with Crippen LogP contribution in [-0.4, -0.2) is 49.1 Å². The second kappa shape index (κ2) is 10.7. The maximum absolute atomic E-state index is 13.2. The number of nitrogens with one attached hydrogen (secondary N) is 1. The van der Waals surface area contributed by atoms with E-state index in [1.165, 1.54) is 0 Å². The molecule has 2 fully saturated rings. The molecule has 0 bridgehead atoms. The van der Waals surface area contributed by atoms with Crippen molar-refractivity contribution in [1.29, 1.82) is 0 Å². The van der Waals surface area contributed by atoms with Gasteiger partial charge in [-0.15, -0.1) is 0 Å². The Kier molecular flexibility index (Phi) is 7.21. The molecule has 0 radical (unpaired) electrons. The van der Waals surface area contributed by atoms with Crippen molar-refractivity contribution < 1.29 is 19.1 Å². The van der Waals surface area contributed by atoms with E-state index in [-0.39, 0.29) is 23.8 Å². The summed E-state index contributed by atoms with van der Waals surface area (Å²) >= 11 is 6.19. The molecule has 35 heavy (non-hydrogen) atoms. The van der Waals surface area contributed by atoms with E-state index in [1.54, 1.807) is 18.2 Å². The molecule has 3 aromatic carbocycles. The van der Waals surface area contributed by atoms with E-state index in [9.17, 15) is 9.59 Å². The first kappa shape index (κ1) is 23.6. The molecule has 0 aliphatic carbocycles. The van der Waals surface area contributed by atoms with Crippen LogP contribution in [0.5, 0.6) is 5.75 Å². The number of carbonyl (C=O) groups is 2. The van der Waals surface area contributed by atoms with Crippen molar-refractivity contribution in [3.8, 4) is 5.75 Å². The highest BCUT2D eigenvalue weighted by Crippen LogP contribution is 2.31. The number of amides is 2. The van der Waals surface area contributed by atoms with Crippen molar-refractivity contribution in [3.05, 3.63) is 71.2 Å². The largest absolute Gasteiger partial charge is 0.489 e. The van der Waals surface area contributed by atoms with Gasteiger partial charge >= 0.3 is 0 Å². The first-order chi connectivity index (χ1) is 17.1. The van der Waals surface area contributed by atoms with Crippen molar-refractivity contribution in [3.63, 3.8) is 0 Å². The van der Waals surface area contributed by atoms with Crippen LogP contribution in [0.1, 0.15) is 36.0 Å². The summed E-state index contributed by atoms with van der Waals surface area (Å²) in [7, 11) is 0. The molecule has 2 saturated heterocycles. The molecule has 2 aliphatic heterocycles. The molecule has 1 atom stereocenters. The van der Waals surface area contributed by atoms with E-state index in [1.807, 2.05) is 47.4 Å². The second-order valence-electron chi connectivity index (χ2n) is 9.17. The molecule has 5 rings (SSSR count). The van der Waals surface area contributed by atoms with Gasteiger partial charge in [-0.1, -0.05) is 48.0 Å². The number of likely N-dealkylation sites (tertiary alicyclic amines) is 1. The van der Waals surface area contributed by atoms with Gasteiger partial charge < -0.3 is 19.7 Å². The Bertz CT molecular complexity index is 1210. The molecule has 1 N–H and O–H groups in total. The minimum absolute atomic E-state index is 0.0142. The highest BCUT2D eigenvalue weighted by atomic mass is 35.5. The number of rotatable bonds is 6. The van der Waals surface area contributed by atoms with Crippen molar-refractivity contribution in [2.75, 3.05) is 31.6 Å². The summed E-state index contributed by atoms with van der Waals surface area (Å²) in [6.45, 7) is 2.29. The number of hydrogen-bond donors (Lipinski definition) is 1. The number of ether oxygens (including phenoxy) is 2. The first-order valence-corrected chi connectivity index (χ1v) is 12.6. The number of carbonyl (C=O) groups excluding carboxylic acids is 2. The second-order valence-corrected chi connectivity index (χ2v) is 9.61. The lowest BCUT2D eigenvalue weighted by atomic mass is 9.94. The van der Waals surface area contributed by atoms with E-state index in [2.05, 4.69) is 5.32 Å². The summed E-state index contributed by atoms with van der Waals surface area (Å²) in [6.07, 6.45) is 3.31. The summed E-state index contributed by atoms with van der Waals surface area (Å²) in [5, 5.41) is 5.53. The summed E-state index contributed by atoms with van der Waals surface area (Å²) in [5.74, 6) is 0.338. The summed E-state index contributed by atoms with van der Waals surface area (Å²) in [5.41, 5.74) is 1.27. The van der Waals surface area contributed by atoms with Gasteiger partial charge in [0.1, 0.15) is 12.4 Å². The average Bonchev–Trinajstić information content (AvgIpc) is 3.41. The van der Waals surface area contributed by atoms with Crippen LogP contribution in [0.3, 0.4) is 0 Å². The Morgan fingerprint density at radius 2 is 1.83 bits per heavy atom. The Labute approximate surface area is 210 Å². The van der Waals surface area contributed by atoms with Crippen LogP contribution in [0.2, 0.25) is 5.02 Å². The Morgan fingerprint density at radius 1 is 1.03 bits per heavy atom. The van der Waals surface area contributed by atoms with Crippen LogP contribution in [-0.2, 0) is 9.53 Å². The third kappa shape index (κ3) is 5.44. The van der Waals surface area contributed by atoms with Crippen molar-refractivity contribution in [2.45, 2.75) is 31.8 Å². The number of piperidine rings is 1. The third-order valence-electron chi connectivity index (χ3n) is 6.82. The van der Waals surface area contributed by atoms with Gasteiger partial charge in [0.05, 0.1) is 11.8 Å². The van der Waals surface area contributed by atoms with Crippen LogP contribution in [0.25, 0.3) is 10.8 Å². The zero-order valence-electron chi connectivity index (χ0n) is 19.5. The molecule has 6 nitrogen and oxygen atoms in total. The average molecular weight is 493 g/mol. The normalized spacial score (nSPS) is 18.5. The Morgan fingerprint density at radius 3 is 2.63 bits per heavy atom. The van der Waals surface area contributed by atoms with Gasteiger partial charge in [-0.3, -0.25) is 9.59 Å². The van der Waals surface area contributed by atoms with Crippen LogP contribution >= 0.6 is 11.6 Å². The zero-order chi connectivity index (χ0) is 24.2. The SMILES string of the molecule is O=C(Nc1cc(Cl)ccc1OCC1CCCO1)C1CCN(C(=O)c2cccc3ccccc23)CC1. The van der Waals surface area contributed by atoms with Gasteiger partial charge in [0.2, 0.25) is 5.91 Å². The van der Waals surface area contributed by atoms with Crippen LogP contribution in [0, 0.1) is 5.92 Å². The van der Waals surface area contributed by atoms with Gasteiger partial charge in [-0.25, -0.2) is 0 Å². The number of halogens is 1. The Balaban J connectivity index is 1.20. The molecule has 0 saturated carbocycles. The van der Waals surface area contributed by atoms with Gasteiger partial charge in [0.25, 0.3) is 5.91 Å². The lowest BCUT2D eigenvalue weighted by molar-refractivity contribution is -0.121. The minimum atomic E-state index is -0.184. The molecule has 0 spiro atoms. The summed E-state index contributed by atoms with van der Waals surface area (Å²) in [4.78, 5) is 28.2. The van der Waals surface area contributed by atoms with Gasteiger partial charge in [-0.05, 0) is 60.7 Å². The molecule has 1 unspecified atom stereocenters. The lowest BCUT2D eigenvalue weighted by Crippen LogP contribution is -2.41. The highest BCUT2D eigenvalue weighted by Gasteiger charge is 2.29. The monoisotopic (exact) mass is 492 g/mol. The van der Waals surface area contributed by atoms with E-state index in [4.69, 9.17) is 21.1 Å². The van der Waals surface area contributed by atoms with E-state index < -0.39 is 0 Å². The fourth-order valence-corrected chi connectivity index (χ4v) is 5.02. The standard InChI is InChI=1S/C28H29ClN2O4/c29-21-10-11-26(35-18-22-7-4-16-34-22)25(17-21)30-27(32)20-12-14-31(15-13-20)28(33)24-9-3-6-19-5-1-2-8-23(19)24/h1-3,5-6,8-11,17,20,22H,4,7,12-16,18H2,(H,30,32). The fraction of sp³-hybridized carbons (Fsp3) is 0.357. The highest BCUT2D eigenvalue weighted by molar-refractivity contribution is 6.31. The fourth-order valence-electron chi connectivity index (χ4n) is 4.85. The third-order valence-corrected chi connectivity index (χ3v) is 7.06. The van der Waals surface area contributed by atoms with Crippen LogP contribution in [0.15, 0.2) is 60.7 Å². The molecular formula is C28H29ClN2O4. The van der Waals surface area contributed by atoms with Gasteiger partial charge in [0, 0.05) is 36.2 Å². The minimum Gasteiger partial charge on any atom is -0.489 e. The first-order valence-electron chi connectivity index (χ1n) is 12.2. The maximum atomic E-state index is 13.2. The van der Waals surface area contributed by atoms with Crippen molar-refractivity contribution in [1.82, 2.24) is 4.90 Å². The molecule has 182 valence electrons. The zero-order valence-corrected chi connectivity index (χ0v) is 20.3. The van der Waals surface area contributed by atoms with E-state index >= 15 is 0 Å². The van der Waals surface area contributed by atoms with Crippen molar-refractivity contribution in [2.24, 2.45) is 5.92 Å². The predicted octanol–water partition coefficient (Wildman–Crippen LogP) is 5.54.